The molecule has 1 N–H and O–H groups in total. The van der Waals surface area contributed by atoms with Crippen LogP contribution >= 0.6 is 0 Å². The van der Waals surface area contributed by atoms with E-state index in [-0.39, 0.29) is 23.0 Å². The molecule has 0 saturated carbocycles. The minimum absolute atomic E-state index is 0.0621. The van der Waals surface area contributed by atoms with Crippen molar-refractivity contribution in [2.24, 2.45) is 0 Å². The molecule has 0 atom stereocenters. The van der Waals surface area contributed by atoms with Crippen LogP contribution < -0.4 is 10.1 Å². The smallest absolute Gasteiger partial charge is 0.221 e. The Balaban J connectivity index is 1.83. The largest absolute Gasteiger partial charge is 0.497 e. The van der Waals surface area contributed by atoms with Gasteiger partial charge in [0.05, 0.1) is 17.8 Å². The maximum absolute atomic E-state index is 12.1. The summed E-state index contributed by atoms with van der Waals surface area (Å²) < 4.78 is 29.2. The van der Waals surface area contributed by atoms with E-state index in [0.717, 1.165) is 11.3 Å². The molecule has 6 heteroatoms. The second-order valence-electron chi connectivity index (χ2n) is 5.01. The molecule has 0 spiro atoms. The third kappa shape index (κ3) is 5.10. The van der Waals surface area contributed by atoms with E-state index in [0.29, 0.717) is 6.54 Å². The maximum Gasteiger partial charge on any atom is 0.221 e. The molecular formula is C17H19NO4S. The minimum Gasteiger partial charge on any atom is -0.497 e. The van der Waals surface area contributed by atoms with Crippen molar-refractivity contribution in [2.75, 3.05) is 12.9 Å². The zero-order chi connectivity index (χ0) is 16.7. The topological polar surface area (TPSA) is 72.5 Å². The summed E-state index contributed by atoms with van der Waals surface area (Å²) in [7, 11) is -1.84. The van der Waals surface area contributed by atoms with Crippen LogP contribution in [0.5, 0.6) is 5.75 Å². The molecule has 0 radical (unpaired) electrons. The number of hydrogen-bond donors (Lipinski definition) is 1. The fourth-order valence-electron chi connectivity index (χ4n) is 2.01. The molecule has 1 amide bonds. The van der Waals surface area contributed by atoms with Crippen LogP contribution in [0.25, 0.3) is 0 Å². The molecule has 0 heterocycles. The lowest BCUT2D eigenvalue weighted by Gasteiger charge is -2.07. The van der Waals surface area contributed by atoms with Crippen LogP contribution in [0.15, 0.2) is 59.5 Å². The molecule has 2 rings (SSSR count). The standard InChI is InChI=1S/C17H19NO4S/c1-22-15-9-7-14(8-10-15)13-18-17(19)11-12-23(20,21)16-5-3-2-4-6-16/h2-10H,11-13H2,1H3,(H,18,19). The predicted octanol–water partition coefficient (Wildman–Crippen LogP) is 2.18. The van der Waals surface area contributed by atoms with Gasteiger partial charge in [0.15, 0.2) is 9.84 Å². The van der Waals surface area contributed by atoms with E-state index in [1.54, 1.807) is 37.4 Å². The number of nitrogens with one attached hydrogen (secondary N) is 1. The van der Waals surface area contributed by atoms with E-state index in [4.69, 9.17) is 4.74 Å². The number of sulfone groups is 1. The Bertz CT molecular complexity index is 740. The number of amides is 1. The number of hydrogen-bond acceptors (Lipinski definition) is 4. The average Bonchev–Trinajstić information content (AvgIpc) is 2.59. The molecule has 122 valence electrons. The Morgan fingerprint density at radius 1 is 1.04 bits per heavy atom. The predicted molar refractivity (Wildman–Crippen MR) is 88.0 cm³/mol. The van der Waals surface area contributed by atoms with Crippen molar-refractivity contribution in [1.29, 1.82) is 0 Å². The summed E-state index contributed by atoms with van der Waals surface area (Å²) in [5, 5.41) is 2.72. The molecule has 0 aliphatic carbocycles. The number of rotatable bonds is 7. The molecule has 0 bridgehead atoms. The summed E-state index contributed by atoms with van der Waals surface area (Å²) in [5.74, 6) is 0.250. The van der Waals surface area contributed by atoms with Crippen molar-refractivity contribution < 1.29 is 17.9 Å². The number of methoxy groups -OCH3 is 1. The first kappa shape index (κ1) is 17.0. The van der Waals surface area contributed by atoms with E-state index in [1.165, 1.54) is 12.1 Å². The van der Waals surface area contributed by atoms with E-state index in [9.17, 15) is 13.2 Å². The first-order chi connectivity index (χ1) is 11.0. The molecule has 5 nitrogen and oxygen atoms in total. The SMILES string of the molecule is COc1ccc(CNC(=O)CCS(=O)(=O)c2ccccc2)cc1. The molecule has 0 saturated heterocycles. The highest BCUT2D eigenvalue weighted by atomic mass is 32.2. The Morgan fingerprint density at radius 2 is 1.70 bits per heavy atom. The average molecular weight is 333 g/mol. The van der Waals surface area contributed by atoms with Crippen LogP contribution in [-0.2, 0) is 21.2 Å². The van der Waals surface area contributed by atoms with Gasteiger partial charge in [0.2, 0.25) is 5.91 Å². The van der Waals surface area contributed by atoms with Crippen LogP contribution in [0.1, 0.15) is 12.0 Å². The summed E-state index contributed by atoms with van der Waals surface area (Å²) in [6.45, 7) is 0.355. The molecular weight excluding hydrogens is 314 g/mol. The van der Waals surface area contributed by atoms with Gasteiger partial charge in [0.25, 0.3) is 0 Å². The molecule has 2 aromatic rings. The van der Waals surface area contributed by atoms with Crippen LogP contribution in [0, 0.1) is 0 Å². The highest BCUT2D eigenvalue weighted by Crippen LogP contribution is 2.12. The number of ether oxygens (including phenoxy) is 1. The summed E-state index contributed by atoms with van der Waals surface area (Å²) >= 11 is 0. The van der Waals surface area contributed by atoms with Crippen LogP contribution in [0.2, 0.25) is 0 Å². The Labute approximate surface area is 136 Å². The highest BCUT2D eigenvalue weighted by Gasteiger charge is 2.15. The van der Waals surface area contributed by atoms with Gasteiger partial charge in [-0.1, -0.05) is 30.3 Å². The lowest BCUT2D eigenvalue weighted by atomic mass is 10.2. The molecule has 0 aliphatic heterocycles. The first-order valence-corrected chi connectivity index (χ1v) is 8.84. The van der Waals surface area contributed by atoms with Crippen LogP contribution in [0.3, 0.4) is 0 Å². The minimum atomic E-state index is -3.42. The van der Waals surface area contributed by atoms with E-state index >= 15 is 0 Å². The fraction of sp³-hybridized carbons (Fsp3) is 0.235. The van der Waals surface area contributed by atoms with Crippen molar-refractivity contribution in [3.8, 4) is 5.75 Å². The first-order valence-electron chi connectivity index (χ1n) is 7.19. The maximum atomic E-state index is 12.1. The zero-order valence-electron chi connectivity index (χ0n) is 12.9. The van der Waals surface area contributed by atoms with Crippen molar-refractivity contribution in [1.82, 2.24) is 5.32 Å². The van der Waals surface area contributed by atoms with Gasteiger partial charge in [-0.3, -0.25) is 4.79 Å². The monoisotopic (exact) mass is 333 g/mol. The van der Waals surface area contributed by atoms with Crippen molar-refractivity contribution in [3.05, 3.63) is 60.2 Å². The van der Waals surface area contributed by atoms with Gasteiger partial charge in [0.1, 0.15) is 5.75 Å². The summed E-state index contributed by atoms with van der Waals surface area (Å²) in [6.07, 6.45) is -0.0621. The summed E-state index contributed by atoms with van der Waals surface area (Å²) in [6, 6.07) is 15.4. The summed E-state index contributed by atoms with van der Waals surface area (Å²) in [4.78, 5) is 12.1. The molecule has 23 heavy (non-hydrogen) atoms. The third-order valence-electron chi connectivity index (χ3n) is 3.35. The van der Waals surface area contributed by atoms with Crippen LogP contribution in [-0.4, -0.2) is 27.2 Å². The molecule has 2 aromatic carbocycles. The summed E-state index contributed by atoms with van der Waals surface area (Å²) in [5.41, 5.74) is 0.921. The lowest BCUT2D eigenvalue weighted by Crippen LogP contribution is -2.25. The van der Waals surface area contributed by atoms with Crippen LogP contribution in [0.4, 0.5) is 0 Å². The van der Waals surface area contributed by atoms with Gasteiger partial charge >= 0.3 is 0 Å². The Hall–Kier alpha value is -2.34. The van der Waals surface area contributed by atoms with Crippen molar-refractivity contribution >= 4 is 15.7 Å². The molecule has 0 aromatic heterocycles. The third-order valence-corrected chi connectivity index (χ3v) is 5.08. The van der Waals surface area contributed by atoms with E-state index < -0.39 is 9.84 Å². The fourth-order valence-corrected chi connectivity index (χ4v) is 3.27. The highest BCUT2D eigenvalue weighted by molar-refractivity contribution is 7.91. The molecule has 0 unspecified atom stereocenters. The van der Waals surface area contributed by atoms with Gasteiger partial charge in [-0.2, -0.15) is 0 Å². The normalized spacial score (nSPS) is 11.0. The van der Waals surface area contributed by atoms with Gasteiger partial charge in [0, 0.05) is 13.0 Å². The van der Waals surface area contributed by atoms with Crippen molar-refractivity contribution in [2.45, 2.75) is 17.9 Å². The van der Waals surface area contributed by atoms with E-state index in [1.807, 2.05) is 12.1 Å². The molecule has 0 fully saturated rings. The van der Waals surface area contributed by atoms with Crippen molar-refractivity contribution in [3.63, 3.8) is 0 Å². The number of carbonyl (C=O) groups excluding carboxylic acids is 1. The second-order valence-corrected chi connectivity index (χ2v) is 7.12. The van der Waals surface area contributed by atoms with Gasteiger partial charge in [-0.05, 0) is 29.8 Å². The van der Waals surface area contributed by atoms with Gasteiger partial charge in [-0.25, -0.2) is 8.42 Å². The second kappa shape index (κ2) is 7.78. The van der Waals surface area contributed by atoms with Gasteiger partial charge in [-0.15, -0.1) is 0 Å². The van der Waals surface area contributed by atoms with Gasteiger partial charge < -0.3 is 10.1 Å². The molecule has 0 aliphatic rings. The van der Waals surface area contributed by atoms with E-state index in [2.05, 4.69) is 5.32 Å². The number of benzene rings is 2. The Morgan fingerprint density at radius 3 is 2.30 bits per heavy atom. The zero-order valence-corrected chi connectivity index (χ0v) is 13.7. The lowest BCUT2D eigenvalue weighted by molar-refractivity contribution is -0.120. The quantitative estimate of drug-likeness (QED) is 0.843. The Kier molecular flexibility index (Phi) is 5.76. The number of carbonyl (C=O) groups is 1.